The molecule has 0 spiro atoms. The number of nitro benzene ring substituents is 1. The first-order valence-corrected chi connectivity index (χ1v) is 9.47. The lowest BCUT2D eigenvalue weighted by molar-refractivity contribution is -0.384. The summed E-state index contributed by atoms with van der Waals surface area (Å²) in [4.78, 5) is 12.6. The maximum Gasteiger partial charge on any atom is 0.293 e. The third kappa shape index (κ3) is 3.32. The van der Waals surface area contributed by atoms with Gasteiger partial charge < -0.3 is 4.90 Å². The Morgan fingerprint density at radius 2 is 1.87 bits per heavy atom. The van der Waals surface area contributed by atoms with Crippen LogP contribution in [0.3, 0.4) is 0 Å². The summed E-state index contributed by atoms with van der Waals surface area (Å²) in [6, 6.07) is 3.93. The molecule has 2 N–H and O–H groups in total. The molecule has 1 aliphatic carbocycles. The van der Waals surface area contributed by atoms with E-state index in [9.17, 15) is 18.5 Å². The normalized spacial score (nSPS) is 25.0. The lowest BCUT2D eigenvalue weighted by atomic mass is 9.75. The number of primary sulfonamides is 1. The van der Waals surface area contributed by atoms with Gasteiger partial charge in [0.1, 0.15) is 5.69 Å². The van der Waals surface area contributed by atoms with Crippen molar-refractivity contribution >= 4 is 21.4 Å². The number of sulfonamides is 1. The summed E-state index contributed by atoms with van der Waals surface area (Å²) >= 11 is 0. The summed E-state index contributed by atoms with van der Waals surface area (Å²) in [6.07, 6.45) is 5.97. The summed E-state index contributed by atoms with van der Waals surface area (Å²) in [5, 5.41) is 16.4. The van der Waals surface area contributed by atoms with Gasteiger partial charge in [-0.25, -0.2) is 13.6 Å². The standard InChI is InChI=1S/C15H21N3O4S/c16-23(21,22)13-5-6-14(15(9-13)18(19)20)17-8-7-11-3-1-2-4-12(11)10-17/h5-6,9,11-12H,1-4,7-8,10H2,(H2,16,21,22)/t11-,12+/m0/s1. The summed E-state index contributed by atoms with van der Waals surface area (Å²) in [6.45, 7) is 1.58. The molecule has 23 heavy (non-hydrogen) atoms. The van der Waals surface area contributed by atoms with Crippen LogP contribution in [0.2, 0.25) is 0 Å². The molecule has 3 rings (SSSR count). The number of nitro groups is 1. The number of benzene rings is 1. The van der Waals surface area contributed by atoms with E-state index in [2.05, 4.69) is 0 Å². The number of piperidine rings is 1. The van der Waals surface area contributed by atoms with Gasteiger partial charge in [0.25, 0.3) is 5.69 Å². The fraction of sp³-hybridized carbons (Fsp3) is 0.600. The van der Waals surface area contributed by atoms with Gasteiger partial charge in [-0.15, -0.1) is 0 Å². The van der Waals surface area contributed by atoms with Crippen LogP contribution in [0.4, 0.5) is 11.4 Å². The van der Waals surface area contributed by atoms with E-state index >= 15 is 0 Å². The first-order chi connectivity index (χ1) is 10.9. The zero-order chi connectivity index (χ0) is 16.6. The minimum absolute atomic E-state index is 0.189. The maximum atomic E-state index is 11.4. The third-order valence-electron chi connectivity index (χ3n) is 5.10. The van der Waals surface area contributed by atoms with Gasteiger partial charge in [-0.05, 0) is 36.8 Å². The largest absolute Gasteiger partial charge is 0.366 e. The lowest BCUT2D eigenvalue weighted by Crippen LogP contribution is -2.42. The van der Waals surface area contributed by atoms with Crippen molar-refractivity contribution in [3.63, 3.8) is 0 Å². The van der Waals surface area contributed by atoms with E-state index in [0.717, 1.165) is 31.5 Å². The molecule has 0 amide bonds. The number of anilines is 1. The number of nitrogens with two attached hydrogens (primary N) is 1. The van der Waals surface area contributed by atoms with Gasteiger partial charge >= 0.3 is 0 Å². The first kappa shape index (κ1) is 16.2. The highest BCUT2D eigenvalue weighted by Gasteiger charge is 2.33. The summed E-state index contributed by atoms with van der Waals surface area (Å²) in [5.41, 5.74) is 0.303. The Hall–Kier alpha value is -1.67. The van der Waals surface area contributed by atoms with Crippen molar-refractivity contribution in [3.05, 3.63) is 28.3 Å². The van der Waals surface area contributed by atoms with Gasteiger partial charge in [-0.3, -0.25) is 10.1 Å². The Kier molecular flexibility index (Phi) is 4.29. The van der Waals surface area contributed by atoms with E-state index in [1.165, 1.54) is 37.8 Å². The molecule has 2 atom stereocenters. The molecule has 1 aliphatic heterocycles. The molecular weight excluding hydrogens is 318 g/mol. The maximum absolute atomic E-state index is 11.4. The SMILES string of the molecule is NS(=O)(=O)c1ccc(N2CC[C@@H]3CCCC[C@@H]3C2)c([N+](=O)[O-])c1. The molecule has 126 valence electrons. The molecule has 8 heteroatoms. The highest BCUT2D eigenvalue weighted by atomic mass is 32.2. The molecule has 2 aliphatic rings. The Balaban J connectivity index is 1.91. The number of hydrogen-bond acceptors (Lipinski definition) is 5. The van der Waals surface area contributed by atoms with Crippen LogP contribution >= 0.6 is 0 Å². The van der Waals surface area contributed by atoms with Crippen LogP contribution < -0.4 is 10.0 Å². The third-order valence-corrected chi connectivity index (χ3v) is 6.01. The van der Waals surface area contributed by atoms with Crippen LogP contribution in [-0.4, -0.2) is 26.4 Å². The lowest BCUT2D eigenvalue weighted by Gasteiger charge is -2.42. The number of rotatable bonds is 3. The molecule has 0 bridgehead atoms. The van der Waals surface area contributed by atoms with Gasteiger partial charge in [0, 0.05) is 19.2 Å². The molecule has 7 nitrogen and oxygen atoms in total. The van der Waals surface area contributed by atoms with Crippen molar-refractivity contribution in [2.24, 2.45) is 17.0 Å². The van der Waals surface area contributed by atoms with Gasteiger partial charge in [0.2, 0.25) is 10.0 Å². The van der Waals surface area contributed by atoms with Crippen LogP contribution in [0.25, 0.3) is 0 Å². The number of fused-ring (bicyclic) bond motifs is 1. The monoisotopic (exact) mass is 339 g/mol. The van der Waals surface area contributed by atoms with E-state index in [4.69, 9.17) is 5.14 Å². The molecular formula is C15H21N3O4S. The van der Waals surface area contributed by atoms with Crippen molar-refractivity contribution < 1.29 is 13.3 Å². The van der Waals surface area contributed by atoms with Crippen LogP contribution in [0, 0.1) is 22.0 Å². The molecule has 0 radical (unpaired) electrons. The topological polar surface area (TPSA) is 107 Å². The molecule has 0 unspecified atom stereocenters. The molecule has 1 saturated heterocycles. The minimum atomic E-state index is -3.95. The fourth-order valence-electron chi connectivity index (χ4n) is 3.91. The van der Waals surface area contributed by atoms with E-state index < -0.39 is 14.9 Å². The van der Waals surface area contributed by atoms with Gasteiger partial charge in [-0.2, -0.15) is 0 Å². The Bertz CT molecular complexity index is 719. The van der Waals surface area contributed by atoms with Gasteiger partial charge in [0.05, 0.1) is 9.82 Å². The second kappa shape index (κ2) is 6.09. The highest BCUT2D eigenvalue weighted by molar-refractivity contribution is 7.89. The second-order valence-corrected chi connectivity index (χ2v) is 8.05. The Morgan fingerprint density at radius 1 is 1.17 bits per heavy atom. The van der Waals surface area contributed by atoms with E-state index in [-0.39, 0.29) is 10.6 Å². The van der Waals surface area contributed by atoms with Crippen LogP contribution in [0.5, 0.6) is 0 Å². The predicted molar refractivity (Wildman–Crippen MR) is 86.7 cm³/mol. The quantitative estimate of drug-likeness (QED) is 0.671. The predicted octanol–water partition coefficient (Wildman–Crippen LogP) is 2.26. The molecule has 1 aromatic rings. The average molecular weight is 339 g/mol. The smallest absolute Gasteiger partial charge is 0.293 e. The summed E-state index contributed by atoms with van der Waals surface area (Å²) in [5.74, 6) is 1.30. The van der Waals surface area contributed by atoms with E-state index in [0.29, 0.717) is 11.6 Å². The van der Waals surface area contributed by atoms with Crippen molar-refractivity contribution in [2.75, 3.05) is 18.0 Å². The molecule has 2 fully saturated rings. The molecule has 1 saturated carbocycles. The first-order valence-electron chi connectivity index (χ1n) is 7.92. The summed E-state index contributed by atoms with van der Waals surface area (Å²) < 4.78 is 22.8. The van der Waals surface area contributed by atoms with Crippen molar-refractivity contribution in [1.29, 1.82) is 0 Å². The fourth-order valence-corrected chi connectivity index (χ4v) is 4.45. The molecule has 1 aromatic carbocycles. The highest BCUT2D eigenvalue weighted by Crippen LogP contribution is 2.40. The second-order valence-electron chi connectivity index (χ2n) is 6.49. The Morgan fingerprint density at radius 3 is 2.52 bits per heavy atom. The van der Waals surface area contributed by atoms with Gasteiger partial charge in [-0.1, -0.05) is 19.3 Å². The van der Waals surface area contributed by atoms with Crippen LogP contribution in [0.1, 0.15) is 32.1 Å². The molecule has 1 heterocycles. The van der Waals surface area contributed by atoms with Crippen molar-refractivity contribution in [3.8, 4) is 0 Å². The zero-order valence-electron chi connectivity index (χ0n) is 12.8. The van der Waals surface area contributed by atoms with Crippen molar-refractivity contribution in [2.45, 2.75) is 37.0 Å². The van der Waals surface area contributed by atoms with Crippen LogP contribution in [0.15, 0.2) is 23.1 Å². The number of hydrogen-bond donors (Lipinski definition) is 1. The van der Waals surface area contributed by atoms with Crippen molar-refractivity contribution in [1.82, 2.24) is 0 Å². The molecule has 0 aromatic heterocycles. The zero-order valence-corrected chi connectivity index (χ0v) is 13.7. The van der Waals surface area contributed by atoms with E-state index in [1.807, 2.05) is 4.90 Å². The van der Waals surface area contributed by atoms with E-state index in [1.54, 1.807) is 0 Å². The number of nitrogens with zero attached hydrogens (tertiary/aromatic N) is 2. The Labute approximate surface area is 135 Å². The van der Waals surface area contributed by atoms with Gasteiger partial charge in [0.15, 0.2) is 0 Å². The van der Waals surface area contributed by atoms with Crippen LogP contribution in [-0.2, 0) is 10.0 Å². The minimum Gasteiger partial charge on any atom is -0.366 e. The average Bonchev–Trinajstić information content (AvgIpc) is 2.53. The summed E-state index contributed by atoms with van der Waals surface area (Å²) in [7, 11) is -3.95.